The lowest BCUT2D eigenvalue weighted by Gasteiger charge is -2.12. The number of ether oxygens (including phenoxy) is 1. The Labute approximate surface area is 56.8 Å². The predicted octanol–water partition coefficient (Wildman–Crippen LogP) is 0.767. The zero-order chi connectivity index (χ0) is 6.53. The van der Waals surface area contributed by atoms with Crippen LogP contribution in [0.25, 0.3) is 0 Å². The molecule has 0 unspecified atom stereocenters. The van der Waals surface area contributed by atoms with Crippen molar-refractivity contribution in [1.82, 2.24) is 4.90 Å². The topological polar surface area (TPSA) is 12.5 Å². The van der Waals surface area contributed by atoms with Crippen LogP contribution in [0.2, 0.25) is 0 Å². The molecule has 0 N–H and O–H groups in total. The highest BCUT2D eigenvalue weighted by Gasteiger charge is 2.09. The summed E-state index contributed by atoms with van der Waals surface area (Å²) in [4.78, 5) is 2.37. The maximum atomic E-state index is 4.88. The van der Waals surface area contributed by atoms with Gasteiger partial charge in [0.1, 0.15) is 7.11 Å². The zero-order valence-electron chi connectivity index (χ0n) is 5.68. The van der Waals surface area contributed by atoms with Gasteiger partial charge in [-0.25, -0.2) is 0 Å². The summed E-state index contributed by atoms with van der Waals surface area (Å²) in [5, 5.41) is 0. The van der Waals surface area contributed by atoms with Gasteiger partial charge in [-0.15, -0.1) is 0 Å². The van der Waals surface area contributed by atoms with E-state index in [2.05, 4.69) is 9.64 Å². The third-order valence-corrected chi connectivity index (χ3v) is 1.72. The zero-order valence-corrected chi connectivity index (χ0v) is 5.68. The van der Waals surface area contributed by atoms with E-state index in [-0.39, 0.29) is 0 Å². The van der Waals surface area contributed by atoms with Gasteiger partial charge in [-0.05, 0) is 25.9 Å². The SMILES string of the molecule is [CH]OCCN1CCCC1. The van der Waals surface area contributed by atoms with Crippen LogP contribution in [0.15, 0.2) is 0 Å². The third kappa shape index (κ3) is 2.33. The fourth-order valence-electron chi connectivity index (χ4n) is 1.19. The molecule has 1 heterocycles. The van der Waals surface area contributed by atoms with E-state index in [1.165, 1.54) is 25.9 Å². The van der Waals surface area contributed by atoms with Crippen molar-refractivity contribution in [1.29, 1.82) is 0 Å². The Morgan fingerprint density at radius 3 is 2.56 bits per heavy atom. The average molecular weight is 127 g/mol. The molecule has 2 radical (unpaired) electrons. The maximum Gasteiger partial charge on any atom is 0.115 e. The van der Waals surface area contributed by atoms with Crippen LogP contribution in [-0.2, 0) is 4.74 Å². The van der Waals surface area contributed by atoms with E-state index in [0.29, 0.717) is 6.61 Å². The van der Waals surface area contributed by atoms with Gasteiger partial charge in [0.05, 0.1) is 6.61 Å². The normalized spacial score (nSPS) is 21.0. The van der Waals surface area contributed by atoms with Gasteiger partial charge >= 0.3 is 0 Å². The minimum absolute atomic E-state index is 0.667. The summed E-state index contributed by atoms with van der Waals surface area (Å²) < 4.78 is 4.46. The fraction of sp³-hybridized carbons (Fsp3) is 0.857. The van der Waals surface area contributed by atoms with Crippen LogP contribution in [-0.4, -0.2) is 31.1 Å². The lowest BCUT2D eigenvalue weighted by molar-refractivity contribution is 0.191. The summed E-state index contributed by atoms with van der Waals surface area (Å²) in [5.74, 6) is 0. The quantitative estimate of drug-likeness (QED) is 0.555. The summed E-state index contributed by atoms with van der Waals surface area (Å²) in [6, 6.07) is 0. The van der Waals surface area contributed by atoms with Crippen molar-refractivity contribution in [2.75, 3.05) is 26.2 Å². The van der Waals surface area contributed by atoms with Gasteiger partial charge in [0.2, 0.25) is 0 Å². The van der Waals surface area contributed by atoms with Gasteiger partial charge in [-0.1, -0.05) is 0 Å². The molecule has 0 aromatic carbocycles. The Kier molecular flexibility index (Phi) is 3.01. The van der Waals surface area contributed by atoms with Gasteiger partial charge in [-0.3, -0.25) is 0 Å². The first-order valence-corrected chi connectivity index (χ1v) is 3.47. The molecule has 0 aromatic rings. The Balaban J connectivity index is 1.98. The molecule has 0 aromatic heterocycles. The molecule has 2 heteroatoms. The largest absolute Gasteiger partial charge is 0.371 e. The summed E-state index contributed by atoms with van der Waals surface area (Å²) in [5.41, 5.74) is 0. The lowest BCUT2D eigenvalue weighted by atomic mass is 10.4. The molecule has 0 atom stereocenters. The van der Waals surface area contributed by atoms with E-state index in [1.54, 1.807) is 0 Å². The molecule has 0 aliphatic carbocycles. The molecular weight excluding hydrogens is 114 g/mol. The molecule has 1 fully saturated rings. The Morgan fingerprint density at radius 2 is 2.00 bits per heavy atom. The van der Waals surface area contributed by atoms with Crippen LogP contribution in [0.3, 0.4) is 0 Å². The molecule has 1 saturated heterocycles. The molecular formula is C7H13NO. The van der Waals surface area contributed by atoms with Crippen LogP contribution in [0.5, 0.6) is 0 Å². The van der Waals surface area contributed by atoms with E-state index in [1.807, 2.05) is 0 Å². The summed E-state index contributed by atoms with van der Waals surface area (Å²) in [6.45, 7) is 4.11. The van der Waals surface area contributed by atoms with Crippen molar-refractivity contribution in [3.63, 3.8) is 0 Å². The fourth-order valence-corrected chi connectivity index (χ4v) is 1.19. The Morgan fingerprint density at radius 1 is 1.33 bits per heavy atom. The van der Waals surface area contributed by atoms with E-state index in [4.69, 9.17) is 7.11 Å². The van der Waals surface area contributed by atoms with E-state index < -0.39 is 0 Å². The number of likely N-dealkylation sites (tertiary alicyclic amines) is 1. The summed E-state index contributed by atoms with van der Waals surface area (Å²) in [7, 11) is 4.88. The number of hydrogen-bond donors (Lipinski definition) is 0. The van der Waals surface area contributed by atoms with Crippen LogP contribution < -0.4 is 0 Å². The summed E-state index contributed by atoms with van der Waals surface area (Å²) >= 11 is 0. The van der Waals surface area contributed by atoms with E-state index >= 15 is 0 Å². The Hall–Kier alpha value is -0.0800. The number of nitrogens with zero attached hydrogens (tertiary/aromatic N) is 1. The first-order valence-electron chi connectivity index (χ1n) is 3.47. The molecule has 0 saturated carbocycles. The second-order valence-electron chi connectivity index (χ2n) is 2.42. The van der Waals surface area contributed by atoms with Crippen molar-refractivity contribution >= 4 is 0 Å². The number of rotatable bonds is 3. The van der Waals surface area contributed by atoms with Gasteiger partial charge in [0, 0.05) is 6.54 Å². The van der Waals surface area contributed by atoms with Crippen LogP contribution in [0.1, 0.15) is 12.8 Å². The molecule has 1 aliphatic rings. The summed E-state index contributed by atoms with van der Waals surface area (Å²) in [6.07, 6.45) is 2.68. The molecule has 0 spiro atoms. The van der Waals surface area contributed by atoms with Crippen molar-refractivity contribution in [2.45, 2.75) is 12.8 Å². The predicted molar refractivity (Wildman–Crippen MR) is 35.9 cm³/mol. The number of hydrogen-bond acceptors (Lipinski definition) is 2. The first-order chi connectivity index (χ1) is 4.43. The highest BCUT2D eigenvalue weighted by Crippen LogP contribution is 2.05. The Bertz CT molecular complexity index is 69.3. The van der Waals surface area contributed by atoms with Crippen molar-refractivity contribution < 1.29 is 4.74 Å². The minimum atomic E-state index is 0.667. The van der Waals surface area contributed by atoms with E-state index in [9.17, 15) is 0 Å². The molecule has 0 amide bonds. The monoisotopic (exact) mass is 127 g/mol. The molecule has 1 rings (SSSR count). The van der Waals surface area contributed by atoms with Gasteiger partial charge in [-0.2, -0.15) is 0 Å². The highest BCUT2D eigenvalue weighted by molar-refractivity contribution is 4.64. The van der Waals surface area contributed by atoms with Crippen LogP contribution >= 0.6 is 0 Å². The molecule has 2 nitrogen and oxygen atoms in total. The van der Waals surface area contributed by atoms with Crippen molar-refractivity contribution in [2.24, 2.45) is 0 Å². The molecule has 9 heavy (non-hydrogen) atoms. The highest BCUT2D eigenvalue weighted by atomic mass is 16.5. The molecule has 0 bridgehead atoms. The van der Waals surface area contributed by atoms with Gasteiger partial charge < -0.3 is 9.64 Å². The second-order valence-corrected chi connectivity index (χ2v) is 2.42. The van der Waals surface area contributed by atoms with Gasteiger partial charge in [0.25, 0.3) is 0 Å². The van der Waals surface area contributed by atoms with Gasteiger partial charge in [0.15, 0.2) is 0 Å². The second kappa shape index (κ2) is 3.85. The van der Waals surface area contributed by atoms with Crippen molar-refractivity contribution in [3.05, 3.63) is 7.11 Å². The van der Waals surface area contributed by atoms with Crippen LogP contribution in [0.4, 0.5) is 0 Å². The van der Waals surface area contributed by atoms with Crippen LogP contribution in [0, 0.1) is 7.11 Å². The smallest absolute Gasteiger partial charge is 0.115 e. The van der Waals surface area contributed by atoms with E-state index in [0.717, 1.165) is 6.54 Å². The maximum absolute atomic E-state index is 4.88. The standard InChI is InChI=1S/C7H13NO/c1-9-7-6-8-4-2-3-5-8/h1H,2-7H2. The molecule has 52 valence electrons. The minimum Gasteiger partial charge on any atom is -0.371 e. The third-order valence-electron chi connectivity index (χ3n) is 1.72. The first kappa shape index (κ1) is 7.03. The average Bonchev–Trinajstić information content (AvgIpc) is 2.34. The molecule has 1 aliphatic heterocycles. The lowest BCUT2D eigenvalue weighted by Crippen LogP contribution is -2.23. The van der Waals surface area contributed by atoms with Crippen molar-refractivity contribution in [3.8, 4) is 0 Å².